The van der Waals surface area contributed by atoms with Gasteiger partial charge in [0, 0.05) is 31.5 Å². The highest BCUT2D eigenvalue weighted by atomic mass is 16.6. The molecule has 2 heterocycles. The van der Waals surface area contributed by atoms with Crippen LogP contribution in [-0.4, -0.2) is 101 Å². The summed E-state index contributed by atoms with van der Waals surface area (Å²) >= 11 is 0. The first kappa shape index (κ1) is 39.2. The second-order valence-corrected chi connectivity index (χ2v) is 17.4. The number of ketones is 2. The zero-order valence-electron chi connectivity index (χ0n) is 32.2. The number of ether oxygens (including phenoxy) is 1. The first-order valence-corrected chi connectivity index (χ1v) is 19.7. The number of nitrogens with one attached hydrogen (secondary N) is 4. The zero-order chi connectivity index (χ0) is 38.9. The van der Waals surface area contributed by atoms with Crippen molar-refractivity contribution in [2.75, 3.05) is 13.1 Å². The Kier molecular flexibility index (Phi) is 11.7. The Morgan fingerprint density at radius 1 is 0.889 bits per heavy atom. The molecule has 0 aromatic heterocycles. The molecule has 1 aromatic carbocycles. The predicted octanol–water partition coefficient (Wildman–Crippen LogP) is 3.00. The maximum absolute atomic E-state index is 14.6. The molecule has 4 N–H and O–H groups in total. The molecule has 3 aliphatic carbocycles. The molecular formula is C40H56N6O8. The lowest BCUT2D eigenvalue weighted by Gasteiger charge is -2.36. The SMILES string of the molecule is CC(C)[C@H](NC(=O)N[C@H](C(=O)N1C[C@H](OC(=O)N2CCc3ccccc3C2)C[C@H]1C(=O)NC(CC1CC1)C(=O)C(=O)NC1CC1)C(C)(C)C)C(=O)C1CC1. The van der Waals surface area contributed by atoms with Crippen molar-refractivity contribution in [2.24, 2.45) is 23.2 Å². The number of urea groups is 1. The fourth-order valence-electron chi connectivity index (χ4n) is 7.39. The summed E-state index contributed by atoms with van der Waals surface area (Å²) in [5.41, 5.74) is 1.34. The van der Waals surface area contributed by atoms with Crippen molar-refractivity contribution in [3.8, 4) is 0 Å². The molecule has 1 saturated heterocycles. The summed E-state index contributed by atoms with van der Waals surface area (Å²) in [4.78, 5) is 97.8. The number of carbonyl (C=O) groups is 7. The average Bonchev–Trinajstić information content (AvgIpc) is 4.00. The minimum absolute atomic E-state index is 0.0296. The van der Waals surface area contributed by atoms with E-state index < -0.39 is 71.3 Å². The van der Waals surface area contributed by atoms with Gasteiger partial charge in [-0.05, 0) is 66.9 Å². The molecule has 14 nitrogen and oxygen atoms in total. The van der Waals surface area contributed by atoms with Crippen molar-refractivity contribution < 1.29 is 38.3 Å². The quantitative estimate of drug-likeness (QED) is 0.210. The smallest absolute Gasteiger partial charge is 0.410 e. The fourth-order valence-corrected chi connectivity index (χ4v) is 7.39. The molecule has 5 aliphatic rings. The van der Waals surface area contributed by atoms with Crippen LogP contribution in [0.2, 0.25) is 0 Å². The summed E-state index contributed by atoms with van der Waals surface area (Å²) in [5, 5.41) is 11.1. The number of hydrogen-bond acceptors (Lipinski definition) is 8. The van der Waals surface area contributed by atoms with Crippen LogP contribution in [0.4, 0.5) is 9.59 Å². The highest BCUT2D eigenvalue weighted by Crippen LogP contribution is 2.35. The molecule has 2 aliphatic heterocycles. The van der Waals surface area contributed by atoms with E-state index in [1.165, 1.54) is 10.5 Å². The molecule has 1 unspecified atom stereocenters. The summed E-state index contributed by atoms with van der Waals surface area (Å²) in [7, 11) is 0. The van der Waals surface area contributed by atoms with Crippen LogP contribution in [0.25, 0.3) is 0 Å². The number of nitrogens with zero attached hydrogens (tertiary/aromatic N) is 2. The summed E-state index contributed by atoms with van der Waals surface area (Å²) in [5.74, 6) is -2.74. The normalized spacial score (nSPS) is 22.7. The van der Waals surface area contributed by atoms with Crippen LogP contribution < -0.4 is 21.3 Å². The second-order valence-electron chi connectivity index (χ2n) is 17.4. The van der Waals surface area contributed by atoms with E-state index in [1.807, 2.05) is 38.1 Å². The van der Waals surface area contributed by atoms with E-state index in [0.29, 0.717) is 25.9 Å². The second kappa shape index (κ2) is 16.1. The van der Waals surface area contributed by atoms with E-state index in [9.17, 15) is 33.6 Å². The number of amides is 6. The molecule has 0 bridgehead atoms. The Morgan fingerprint density at radius 3 is 2.19 bits per heavy atom. The Hall–Kier alpha value is -4.49. The standard InChI is InChI=1S/C40H56N6O8/c1-22(2)31(32(47)25-12-13-25)43-38(52)44-34(40(3,4)5)37(51)46-21-28(54-39(53)45-17-16-24-8-6-7-9-26(24)20-45)19-30(46)35(49)42-29(18-23-10-11-23)33(48)36(50)41-27-14-15-27/h6-9,22-23,25,27-31,34H,10-21H2,1-5H3,(H,41,50)(H,42,49)(H2,43,44,52)/t28-,29?,30+,31+,34-/m1/s1. The van der Waals surface area contributed by atoms with Gasteiger partial charge < -0.3 is 35.8 Å². The third kappa shape index (κ3) is 9.78. The van der Waals surface area contributed by atoms with Gasteiger partial charge >= 0.3 is 12.1 Å². The highest BCUT2D eigenvalue weighted by molar-refractivity contribution is 6.38. The number of benzene rings is 1. The fraction of sp³-hybridized carbons (Fsp3) is 0.675. The molecule has 4 fully saturated rings. The first-order valence-electron chi connectivity index (χ1n) is 19.7. The number of hydrogen-bond donors (Lipinski definition) is 4. The van der Waals surface area contributed by atoms with E-state index in [1.54, 1.807) is 25.7 Å². The van der Waals surface area contributed by atoms with Gasteiger partial charge in [-0.3, -0.25) is 24.0 Å². The predicted molar refractivity (Wildman–Crippen MR) is 198 cm³/mol. The average molecular weight is 749 g/mol. The summed E-state index contributed by atoms with van der Waals surface area (Å²) < 4.78 is 5.97. The Morgan fingerprint density at radius 2 is 1.57 bits per heavy atom. The van der Waals surface area contributed by atoms with Gasteiger partial charge in [0.1, 0.15) is 18.2 Å². The monoisotopic (exact) mass is 748 g/mol. The molecular weight excluding hydrogens is 692 g/mol. The van der Waals surface area contributed by atoms with Gasteiger partial charge in [0.15, 0.2) is 5.78 Å². The van der Waals surface area contributed by atoms with E-state index in [4.69, 9.17) is 4.74 Å². The zero-order valence-corrected chi connectivity index (χ0v) is 32.2. The molecule has 3 saturated carbocycles. The minimum atomic E-state index is -1.16. The number of Topliss-reactive ketones (excluding diaryl/α,β-unsaturated/α-hetero) is 2. The summed E-state index contributed by atoms with van der Waals surface area (Å²) in [6.07, 6.45) is 4.49. The Bertz CT molecular complexity index is 1640. The van der Waals surface area contributed by atoms with Crippen LogP contribution in [0.15, 0.2) is 24.3 Å². The van der Waals surface area contributed by atoms with Crippen LogP contribution in [0.5, 0.6) is 0 Å². The van der Waals surface area contributed by atoms with Gasteiger partial charge in [0.25, 0.3) is 5.91 Å². The number of likely N-dealkylation sites (tertiary alicyclic amines) is 1. The number of fused-ring (bicyclic) bond motifs is 1. The number of rotatable bonds is 14. The van der Waals surface area contributed by atoms with Crippen LogP contribution in [0, 0.1) is 23.2 Å². The highest BCUT2D eigenvalue weighted by Gasteiger charge is 2.48. The van der Waals surface area contributed by atoms with Crippen LogP contribution in [0.1, 0.15) is 97.1 Å². The molecule has 1 aromatic rings. The van der Waals surface area contributed by atoms with Gasteiger partial charge in [-0.2, -0.15) is 0 Å². The Balaban J connectivity index is 1.20. The summed E-state index contributed by atoms with van der Waals surface area (Å²) in [6, 6.07) is 3.08. The molecule has 54 heavy (non-hydrogen) atoms. The topological polar surface area (TPSA) is 183 Å². The lowest BCUT2D eigenvalue weighted by atomic mass is 9.85. The maximum Gasteiger partial charge on any atom is 0.410 e. The lowest BCUT2D eigenvalue weighted by Crippen LogP contribution is -2.61. The van der Waals surface area contributed by atoms with Crippen molar-refractivity contribution in [2.45, 2.75) is 135 Å². The van der Waals surface area contributed by atoms with Crippen LogP contribution in [0.3, 0.4) is 0 Å². The molecule has 14 heteroatoms. The van der Waals surface area contributed by atoms with E-state index in [0.717, 1.165) is 44.1 Å². The van der Waals surface area contributed by atoms with E-state index in [-0.39, 0.29) is 42.5 Å². The van der Waals surface area contributed by atoms with Gasteiger partial charge in [-0.15, -0.1) is 0 Å². The van der Waals surface area contributed by atoms with Crippen molar-refractivity contribution in [3.63, 3.8) is 0 Å². The molecule has 0 spiro atoms. The minimum Gasteiger partial charge on any atom is -0.444 e. The summed E-state index contributed by atoms with van der Waals surface area (Å²) in [6.45, 7) is 9.75. The number of carbonyl (C=O) groups excluding carboxylic acids is 7. The van der Waals surface area contributed by atoms with Crippen LogP contribution in [-0.2, 0) is 41.7 Å². The van der Waals surface area contributed by atoms with Gasteiger partial charge in [-0.25, -0.2) is 9.59 Å². The Labute approximate surface area is 317 Å². The van der Waals surface area contributed by atoms with E-state index >= 15 is 0 Å². The van der Waals surface area contributed by atoms with Gasteiger partial charge in [0.05, 0.1) is 18.6 Å². The maximum atomic E-state index is 14.6. The van der Waals surface area contributed by atoms with Crippen molar-refractivity contribution in [1.82, 2.24) is 31.1 Å². The molecule has 294 valence electrons. The van der Waals surface area contributed by atoms with Crippen molar-refractivity contribution in [3.05, 3.63) is 35.4 Å². The van der Waals surface area contributed by atoms with Crippen LogP contribution >= 0.6 is 0 Å². The molecule has 6 rings (SSSR count). The molecule has 6 amide bonds. The third-order valence-electron chi connectivity index (χ3n) is 11.2. The molecule has 5 atom stereocenters. The molecule has 0 radical (unpaired) electrons. The van der Waals surface area contributed by atoms with Crippen molar-refractivity contribution >= 4 is 41.4 Å². The van der Waals surface area contributed by atoms with E-state index in [2.05, 4.69) is 21.3 Å². The van der Waals surface area contributed by atoms with Crippen molar-refractivity contribution in [1.29, 1.82) is 0 Å². The van der Waals surface area contributed by atoms with Gasteiger partial charge in [-0.1, -0.05) is 71.7 Å². The lowest BCUT2D eigenvalue weighted by molar-refractivity contribution is -0.144. The van der Waals surface area contributed by atoms with Gasteiger partial charge in [0.2, 0.25) is 17.6 Å². The first-order chi connectivity index (χ1) is 25.6. The third-order valence-corrected chi connectivity index (χ3v) is 11.2. The largest absolute Gasteiger partial charge is 0.444 e.